The Kier molecular flexibility index (Phi) is 5.20. The minimum Gasteiger partial charge on any atom is -0.299 e. The number of hydrazine groups is 1. The van der Waals surface area contributed by atoms with Gasteiger partial charge in [0.15, 0.2) is 0 Å². The molecule has 2 aromatic carbocycles. The number of hydrazone groups is 1. The maximum Gasteiger partial charge on any atom is 0.213 e. The zero-order chi connectivity index (χ0) is 14.2. The zero-order valence-electron chi connectivity index (χ0n) is 10.5. The number of anilines is 2. The van der Waals surface area contributed by atoms with E-state index in [1.807, 2.05) is 60.7 Å². The molecule has 6 heteroatoms. The number of isothiocyanates is 1. The highest BCUT2D eigenvalue weighted by Gasteiger charge is 2.10. The van der Waals surface area contributed by atoms with Crippen molar-refractivity contribution in [3.05, 3.63) is 60.7 Å². The molecular formula is C14H12N4S2. The molecule has 0 heterocycles. The maximum absolute atomic E-state index is 5.29. The smallest absolute Gasteiger partial charge is 0.213 e. The third-order valence-electron chi connectivity index (χ3n) is 2.42. The van der Waals surface area contributed by atoms with Gasteiger partial charge in [0, 0.05) is 0 Å². The number of hydrogen-bond donors (Lipinski definition) is 2. The fraction of sp³-hybridized carbons (Fsp3) is 0. The molecule has 0 aliphatic heterocycles. The summed E-state index contributed by atoms with van der Waals surface area (Å²) < 4.78 is 0. The van der Waals surface area contributed by atoms with Crippen molar-refractivity contribution in [3.8, 4) is 0 Å². The Morgan fingerprint density at radius 3 is 2.20 bits per heavy atom. The molecule has 2 N–H and O–H groups in total. The molecule has 4 nitrogen and oxygen atoms in total. The Balaban J connectivity index is 2.07. The van der Waals surface area contributed by atoms with Crippen LogP contribution in [0.4, 0.5) is 11.4 Å². The maximum atomic E-state index is 5.29. The Morgan fingerprint density at radius 2 is 1.60 bits per heavy atom. The fourth-order valence-corrected chi connectivity index (χ4v) is 1.81. The van der Waals surface area contributed by atoms with Gasteiger partial charge in [-0.15, -0.1) is 5.10 Å². The monoisotopic (exact) mass is 300 g/mol. The predicted molar refractivity (Wildman–Crippen MR) is 89.7 cm³/mol. The van der Waals surface area contributed by atoms with Crippen LogP contribution in [0.1, 0.15) is 0 Å². The summed E-state index contributed by atoms with van der Waals surface area (Å²) in [5.41, 5.74) is 7.61. The molecule has 100 valence electrons. The van der Waals surface area contributed by atoms with Crippen molar-refractivity contribution in [1.29, 1.82) is 0 Å². The third kappa shape index (κ3) is 3.86. The van der Waals surface area contributed by atoms with E-state index in [0.717, 1.165) is 11.4 Å². The standard InChI is InChI=1S/C14H12N4S2/c19-11-15-18(13-9-5-2-6-10-13)14(20)17-16-12-7-3-1-4-8-12/h1-10,16H,(H,17,20). The SMILES string of the molecule is S=C=NN(C(=S)NNc1ccccc1)c1ccccc1. The van der Waals surface area contributed by atoms with Crippen molar-refractivity contribution in [3.63, 3.8) is 0 Å². The topological polar surface area (TPSA) is 39.7 Å². The first kappa shape index (κ1) is 14.1. The summed E-state index contributed by atoms with van der Waals surface area (Å²) in [6.45, 7) is 0. The quantitative estimate of drug-likeness (QED) is 0.514. The first-order valence-corrected chi connectivity index (χ1v) is 6.67. The lowest BCUT2D eigenvalue weighted by molar-refractivity contribution is 1.04. The zero-order valence-corrected chi connectivity index (χ0v) is 12.1. The van der Waals surface area contributed by atoms with Gasteiger partial charge in [0.1, 0.15) is 0 Å². The van der Waals surface area contributed by atoms with Crippen molar-refractivity contribution in [2.45, 2.75) is 0 Å². The van der Waals surface area contributed by atoms with Crippen LogP contribution >= 0.6 is 24.4 Å². The van der Waals surface area contributed by atoms with E-state index in [-0.39, 0.29) is 0 Å². The molecule has 0 saturated carbocycles. The van der Waals surface area contributed by atoms with Crippen LogP contribution in [0, 0.1) is 0 Å². The molecule has 0 radical (unpaired) electrons. The van der Waals surface area contributed by atoms with Gasteiger partial charge in [-0.25, -0.2) is 0 Å². The molecule has 0 spiro atoms. The highest BCUT2D eigenvalue weighted by molar-refractivity contribution is 7.80. The van der Waals surface area contributed by atoms with E-state index in [9.17, 15) is 0 Å². The fourth-order valence-electron chi connectivity index (χ4n) is 1.53. The summed E-state index contributed by atoms with van der Waals surface area (Å²) >= 11 is 9.95. The summed E-state index contributed by atoms with van der Waals surface area (Å²) in [5, 5.41) is 8.16. The molecule has 0 atom stereocenters. The number of rotatable bonds is 4. The van der Waals surface area contributed by atoms with Crippen molar-refractivity contribution in [2.75, 3.05) is 10.4 Å². The summed E-state index contributed by atoms with van der Waals surface area (Å²) in [6.07, 6.45) is 0. The molecule has 0 unspecified atom stereocenters. The van der Waals surface area contributed by atoms with Gasteiger partial charge in [-0.1, -0.05) is 36.4 Å². The Labute approximate surface area is 128 Å². The van der Waals surface area contributed by atoms with Gasteiger partial charge in [-0.2, -0.15) is 5.01 Å². The molecule has 2 aromatic rings. The first-order valence-electron chi connectivity index (χ1n) is 5.85. The number of para-hydroxylation sites is 2. The number of thiocarbonyl (C=S) groups is 2. The lowest BCUT2D eigenvalue weighted by Crippen LogP contribution is -2.39. The van der Waals surface area contributed by atoms with Crippen molar-refractivity contribution in [2.24, 2.45) is 5.10 Å². The molecule has 0 aliphatic rings. The van der Waals surface area contributed by atoms with Crippen molar-refractivity contribution < 1.29 is 0 Å². The molecule has 0 fully saturated rings. The Hall–Kier alpha value is -2.27. The van der Waals surface area contributed by atoms with E-state index in [1.165, 1.54) is 5.01 Å². The average Bonchev–Trinajstić information content (AvgIpc) is 2.52. The van der Waals surface area contributed by atoms with Crippen LogP contribution in [0.2, 0.25) is 0 Å². The highest BCUT2D eigenvalue weighted by atomic mass is 32.1. The van der Waals surface area contributed by atoms with Gasteiger partial charge in [0.05, 0.1) is 16.5 Å². The van der Waals surface area contributed by atoms with E-state index in [2.05, 4.69) is 33.3 Å². The highest BCUT2D eigenvalue weighted by Crippen LogP contribution is 2.13. The van der Waals surface area contributed by atoms with Gasteiger partial charge >= 0.3 is 0 Å². The van der Waals surface area contributed by atoms with Crippen molar-refractivity contribution >= 4 is 46.1 Å². The van der Waals surface area contributed by atoms with Crippen LogP contribution < -0.4 is 15.9 Å². The van der Waals surface area contributed by atoms with E-state index in [0.29, 0.717) is 5.11 Å². The Bertz CT molecular complexity index is 610. The van der Waals surface area contributed by atoms with E-state index in [1.54, 1.807) is 0 Å². The van der Waals surface area contributed by atoms with Gasteiger partial charge in [-0.3, -0.25) is 10.9 Å². The number of benzene rings is 2. The van der Waals surface area contributed by atoms with E-state index < -0.39 is 0 Å². The lowest BCUT2D eigenvalue weighted by atomic mass is 10.3. The predicted octanol–water partition coefficient (Wildman–Crippen LogP) is 3.41. The summed E-state index contributed by atoms with van der Waals surface area (Å²) in [7, 11) is 0. The van der Waals surface area contributed by atoms with E-state index >= 15 is 0 Å². The number of nitrogens with zero attached hydrogens (tertiary/aromatic N) is 2. The number of hydrogen-bond acceptors (Lipinski definition) is 4. The van der Waals surface area contributed by atoms with Crippen LogP contribution in [-0.2, 0) is 0 Å². The Morgan fingerprint density at radius 1 is 1.00 bits per heavy atom. The minimum atomic E-state index is 0.373. The largest absolute Gasteiger partial charge is 0.299 e. The summed E-state index contributed by atoms with van der Waals surface area (Å²) in [6, 6.07) is 19.1. The lowest BCUT2D eigenvalue weighted by Gasteiger charge is -2.20. The summed E-state index contributed by atoms with van der Waals surface area (Å²) in [4.78, 5) is 0. The van der Waals surface area contributed by atoms with Crippen LogP contribution in [0.25, 0.3) is 0 Å². The van der Waals surface area contributed by atoms with Gasteiger partial charge < -0.3 is 0 Å². The van der Waals surface area contributed by atoms with Crippen LogP contribution in [0.5, 0.6) is 0 Å². The van der Waals surface area contributed by atoms with Crippen molar-refractivity contribution in [1.82, 2.24) is 5.43 Å². The molecule has 20 heavy (non-hydrogen) atoms. The molecule has 0 bridgehead atoms. The molecule has 0 amide bonds. The summed E-state index contributed by atoms with van der Waals surface area (Å²) in [5.74, 6) is 0. The van der Waals surface area contributed by atoms with Gasteiger partial charge in [-0.05, 0) is 48.7 Å². The van der Waals surface area contributed by atoms with E-state index in [4.69, 9.17) is 12.2 Å². The van der Waals surface area contributed by atoms with Crippen LogP contribution in [0.3, 0.4) is 0 Å². The first-order chi connectivity index (χ1) is 9.81. The normalized spacial score (nSPS) is 9.20. The molecule has 0 aliphatic carbocycles. The molecule has 0 aromatic heterocycles. The third-order valence-corrected chi connectivity index (χ3v) is 2.78. The molecule has 2 rings (SSSR count). The number of nitrogens with one attached hydrogen (secondary N) is 2. The second kappa shape index (κ2) is 7.35. The average molecular weight is 300 g/mol. The second-order valence-electron chi connectivity index (χ2n) is 3.76. The second-order valence-corrected chi connectivity index (χ2v) is 4.33. The van der Waals surface area contributed by atoms with Gasteiger partial charge in [0.2, 0.25) is 5.11 Å². The van der Waals surface area contributed by atoms with Crippen LogP contribution in [0.15, 0.2) is 65.8 Å². The minimum absolute atomic E-state index is 0.373. The van der Waals surface area contributed by atoms with Gasteiger partial charge in [0.25, 0.3) is 0 Å². The van der Waals surface area contributed by atoms with Crippen LogP contribution in [-0.4, -0.2) is 10.3 Å². The molecular weight excluding hydrogens is 288 g/mol. The molecule has 0 saturated heterocycles.